The van der Waals surface area contributed by atoms with Gasteiger partial charge >= 0.3 is 0 Å². The molecule has 0 aliphatic carbocycles. The summed E-state index contributed by atoms with van der Waals surface area (Å²) in [6, 6.07) is 3.79. The van der Waals surface area contributed by atoms with Crippen molar-refractivity contribution < 1.29 is 4.92 Å². The normalized spacial score (nSPS) is 17.9. The number of hydrogen-bond acceptors (Lipinski definition) is 5. The fourth-order valence-corrected chi connectivity index (χ4v) is 2.24. The molecule has 1 aromatic carbocycles. The zero-order valence-electron chi connectivity index (χ0n) is 9.37. The van der Waals surface area contributed by atoms with Gasteiger partial charge < -0.3 is 5.73 Å². The minimum absolute atomic E-state index is 0.0779. The lowest BCUT2D eigenvalue weighted by Gasteiger charge is -2.06. The maximum absolute atomic E-state index is 12.1. The molecule has 2 N–H and O–H groups in total. The molecule has 0 bridgehead atoms. The molecule has 1 aliphatic heterocycles. The Labute approximate surface area is 101 Å². The standard InChI is InChI=1S/C11H10N4O3/c12-8-3-4-14-10(8)13-9-5-6(15(17)18)1-2-7(9)11(14)16/h1-2,5,8H,3-4,12H2. The fraction of sp³-hybridized carbons (Fsp3) is 0.273. The summed E-state index contributed by atoms with van der Waals surface area (Å²) in [5.41, 5.74) is 5.92. The number of nitro groups is 1. The van der Waals surface area contributed by atoms with Crippen molar-refractivity contribution >= 4 is 16.6 Å². The van der Waals surface area contributed by atoms with Gasteiger partial charge in [-0.05, 0) is 12.5 Å². The molecule has 2 heterocycles. The van der Waals surface area contributed by atoms with E-state index in [0.717, 1.165) is 0 Å². The second kappa shape index (κ2) is 3.61. The van der Waals surface area contributed by atoms with E-state index in [2.05, 4.69) is 4.98 Å². The lowest BCUT2D eigenvalue weighted by atomic mass is 10.2. The van der Waals surface area contributed by atoms with E-state index >= 15 is 0 Å². The summed E-state index contributed by atoms with van der Waals surface area (Å²) < 4.78 is 1.54. The van der Waals surface area contributed by atoms with Gasteiger partial charge in [0.25, 0.3) is 11.2 Å². The van der Waals surface area contributed by atoms with E-state index in [4.69, 9.17) is 5.73 Å². The number of nitrogens with two attached hydrogens (primary N) is 1. The largest absolute Gasteiger partial charge is 0.321 e. The molecule has 0 radical (unpaired) electrons. The highest BCUT2D eigenvalue weighted by atomic mass is 16.6. The molecule has 0 saturated heterocycles. The Balaban J connectivity index is 2.35. The Bertz CT molecular complexity index is 722. The van der Waals surface area contributed by atoms with Gasteiger partial charge in [0, 0.05) is 18.7 Å². The van der Waals surface area contributed by atoms with Crippen LogP contribution in [0.15, 0.2) is 23.0 Å². The molecule has 1 atom stereocenters. The van der Waals surface area contributed by atoms with E-state index < -0.39 is 4.92 Å². The van der Waals surface area contributed by atoms with E-state index in [0.29, 0.717) is 29.7 Å². The number of fused-ring (bicyclic) bond motifs is 2. The van der Waals surface area contributed by atoms with Crippen LogP contribution in [0.4, 0.5) is 5.69 Å². The quantitative estimate of drug-likeness (QED) is 0.589. The van der Waals surface area contributed by atoms with E-state index in [1.807, 2.05) is 0 Å². The van der Waals surface area contributed by atoms with Gasteiger partial charge in [-0.3, -0.25) is 19.5 Å². The molecule has 7 heteroatoms. The number of benzene rings is 1. The van der Waals surface area contributed by atoms with Crippen LogP contribution in [0.5, 0.6) is 0 Å². The fourth-order valence-electron chi connectivity index (χ4n) is 2.24. The van der Waals surface area contributed by atoms with Gasteiger partial charge in [0.05, 0.1) is 21.9 Å². The Morgan fingerprint density at radius 3 is 3.00 bits per heavy atom. The SMILES string of the molecule is NC1CCn2c1nc1cc([N+](=O)[O-])ccc1c2=O. The zero-order chi connectivity index (χ0) is 12.9. The molecule has 18 heavy (non-hydrogen) atoms. The molecule has 0 saturated carbocycles. The van der Waals surface area contributed by atoms with Crippen LogP contribution in [-0.4, -0.2) is 14.5 Å². The highest BCUT2D eigenvalue weighted by Crippen LogP contribution is 2.23. The second-order valence-corrected chi connectivity index (χ2v) is 4.28. The molecule has 1 unspecified atom stereocenters. The lowest BCUT2D eigenvalue weighted by molar-refractivity contribution is -0.384. The second-order valence-electron chi connectivity index (χ2n) is 4.28. The molecule has 1 aliphatic rings. The van der Waals surface area contributed by atoms with Crippen LogP contribution in [0.2, 0.25) is 0 Å². The average molecular weight is 246 g/mol. The summed E-state index contributed by atoms with van der Waals surface area (Å²) in [5, 5.41) is 11.1. The maximum Gasteiger partial charge on any atom is 0.271 e. The molecule has 2 aromatic rings. The van der Waals surface area contributed by atoms with Crippen molar-refractivity contribution in [2.45, 2.75) is 19.0 Å². The minimum Gasteiger partial charge on any atom is -0.321 e. The van der Waals surface area contributed by atoms with Crippen LogP contribution in [0.3, 0.4) is 0 Å². The summed E-state index contributed by atoms with van der Waals surface area (Å²) in [7, 11) is 0. The van der Waals surface area contributed by atoms with Gasteiger partial charge in [0.15, 0.2) is 0 Å². The number of non-ortho nitro benzene ring substituents is 1. The Morgan fingerprint density at radius 2 is 2.28 bits per heavy atom. The molecular formula is C11H10N4O3. The third kappa shape index (κ3) is 1.41. The van der Waals surface area contributed by atoms with Crippen molar-refractivity contribution in [1.82, 2.24) is 9.55 Å². The number of nitro benzene ring substituents is 1. The third-order valence-corrected chi connectivity index (χ3v) is 3.17. The molecule has 92 valence electrons. The van der Waals surface area contributed by atoms with Crippen molar-refractivity contribution in [2.24, 2.45) is 5.73 Å². The summed E-state index contributed by atoms with van der Waals surface area (Å²) in [6.07, 6.45) is 0.667. The van der Waals surface area contributed by atoms with E-state index in [1.54, 1.807) is 4.57 Å². The van der Waals surface area contributed by atoms with Crippen LogP contribution < -0.4 is 11.3 Å². The zero-order valence-corrected chi connectivity index (χ0v) is 9.37. The Hall–Kier alpha value is -2.28. The predicted octanol–water partition coefficient (Wildman–Crippen LogP) is 0.708. The first-order valence-corrected chi connectivity index (χ1v) is 5.52. The lowest BCUT2D eigenvalue weighted by Crippen LogP contribution is -2.22. The molecule has 0 spiro atoms. The van der Waals surface area contributed by atoms with E-state index in [1.165, 1.54) is 18.2 Å². The molecule has 0 fully saturated rings. The maximum atomic E-state index is 12.1. The Morgan fingerprint density at radius 1 is 1.50 bits per heavy atom. The van der Waals surface area contributed by atoms with Crippen LogP contribution >= 0.6 is 0 Å². The van der Waals surface area contributed by atoms with Crippen LogP contribution in [0.1, 0.15) is 18.3 Å². The smallest absolute Gasteiger partial charge is 0.271 e. The van der Waals surface area contributed by atoms with E-state index in [-0.39, 0.29) is 17.3 Å². The summed E-state index contributed by atoms with van der Waals surface area (Å²) in [4.78, 5) is 26.6. The minimum atomic E-state index is -0.508. The van der Waals surface area contributed by atoms with Gasteiger partial charge in [0.1, 0.15) is 5.82 Å². The number of aromatic nitrogens is 2. The van der Waals surface area contributed by atoms with Gasteiger partial charge in [-0.1, -0.05) is 0 Å². The van der Waals surface area contributed by atoms with Gasteiger partial charge in [-0.25, -0.2) is 4.98 Å². The summed E-state index contributed by atoms with van der Waals surface area (Å²) >= 11 is 0. The average Bonchev–Trinajstić information content (AvgIpc) is 2.71. The van der Waals surface area contributed by atoms with Crippen molar-refractivity contribution in [3.8, 4) is 0 Å². The molecular weight excluding hydrogens is 236 g/mol. The number of rotatable bonds is 1. The van der Waals surface area contributed by atoms with Gasteiger partial charge in [0.2, 0.25) is 0 Å². The summed E-state index contributed by atoms with van der Waals surface area (Å²) in [6.45, 7) is 0.551. The van der Waals surface area contributed by atoms with Crippen molar-refractivity contribution in [3.63, 3.8) is 0 Å². The Kier molecular flexibility index (Phi) is 2.17. The van der Waals surface area contributed by atoms with Crippen molar-refractivity contribution in [1.29, 1.82) is 0 Å². The first kappa shape index (κ1) is 10.8. The highest BCUT2D eigenvalue weighted by Gasteiger charge is 2.23. The van der Waals surface area contributed by atoms with Crippen LogP contribution in [-0.2, 0) is 6.54 Å². The van der Waals surface area contributed by atoms with Crippen molar-refractivity contribution in [3.05, 3.63) is 44.5 Å². The first-order valence-electron chi connectivity index (χ1n) is 5.52. The monoisotopic (exact) mass is 246 g/mol. The van der Waals surface area contributed by atoms with Crippen LogP contribution in [0, 0.1) is 10.1 Å². The molecule has 0 amide bonds. The topological polar surface area (TPSA) is 104 Å². The highest BCUT2D eigenvalue weighted by molar-refractivity contribution is 5.80. The summed E-state index contributed by atoms with van der Waals surface area (Å²) in [5.74, 6) is 0.507. The van der Waals surface area contributed by atoms with Gasteiger partial charge in [-0.2, -0.15) is 0 Å². The first-order chi connectivity index (χ1) is 8.58. The molecule has 1 aromatic heterocycles. The van der Waals surface area contributed by atoms with Crippen LogP contribution in [0.25, 0.3) is 10.9 Å². The van der Waals surface area contributed by atoms with Crippen molar-refractivity contribution in [2.75, 3.05) is 0 Å². The predicted molar refractivity (Wildman–Crippen MR) is 64.2 cm³/mol. The van der Waals surface area contributed by atoms with Gasteiger partial charge in [-0.15, -0.1) is 0 Å². The van der Waals surface area contributed by atoms with E-state index in [9.17, 15) is 14.9 Å². The molecule has 7 nitrogen and oxygen atoms in total. The molecule has 3 rings (SSSR count). The number of hydrogen-bond donors (Lipinski definition) is 1. The number of nitrogens with zero attached hydrogens (tertiary/aromatic N) is 3. The third-order valence-electron chi connectivity index (χ3n) is 3.17.